The van der Waals surface area contributed by atoms with Crippen molar-refractivity contribution >= 4 is 5.91 Å². The second-order valence-electron chi connectivity index (χ2n) is 5.35. The van der Waals surface area contributed by atoms with Crippen LogP contribution in [0.15, 0.2) is 30.9 Å². The number of nitrogens with zero attached hydrogens (tertiary/aromatic N) is 4. The highest BCUT2D eigenvalue weighted by Crippen LogP contribution is 2.22. The SMILES string of the molecule is CC(C)n1cnc2c1CN(C(=O)c1ccncc1)CC2. The van der Waals surface area contributed by atoms with Crippen molar-refractivity contribution in [1.29, 1.82) is 0 Å². The molecular formula is C15H18N4O. The first-order chi connectivity index (χ1) is 9.66. The van der Waals surface area contributed by atoms with Gasteiger partial charge in [0.1, 0.15) is 0 Å². The van der Waals surface area contributed by atoms with Gasteiger partial charge in [0.05, 0.1) is 24.3 Å². The maximum absolute atomic E-state index is 12.5. The van der Waals surface area contributed by atoms with Crippen LogP contribution in [-0.4, -0.2) is 31.9 Å². The predicted octanol–water partition coefficient (Wildman–Crippen LogP) is 2.06. The van der Waals surface area contributed by atoms with Crippen LogP contribution in [0.2, 0.25) is 0 Å². The van der Waals surface area contributed by atoms with Crippen LogP contribution in [0, 0.1) is 0 Å². The third kappa shape index (κ3) is 2.19. The van der Waals surface area contributed by atoms with Crippen LogP contribution >= 0.6 is 0 Å². The molecule has 0 N–H and O–H groups in total. The van der Waals surface area contributed by atoms with Crippen molar-refractivity contribution in [1.82, 2.24) is 19.4 Å². The van der Waals surface area contributed by atoms with Crippen molar-refractivity contribution in [2.24, 2.45) is 0 Å². The highest BCUT2D eigenvalue weighted by Gasteiger charge is 2.25. The summed E-state index contributed by atoms with van der Waals surface area (Å²) in [4.78, 5) is 22.8. The number of rotatable bonds is 2. The first-order valence-corrected chi connectivity index (χ1v) is 6.90. The summed E-state index contributed by atoms with van der Waals surface area (Å²) in [6.07, 6.45) is 6.02. The lowest BCUT2D eigenvalue weighted by Crippen LogP contribution is -2.36. The molecule has 0 aromatic carbocycles. The van der Waals surface area contributed by atoms with Crippen molar-refractivity contribution in [3.05, 3.63) is 47.8 Å². The Morgan fingerprint density at radius 3 is 2.75 bits per heavy atom. The Bertz CT molecular complexity index is 618. The van der Waals surface area contributed by atoms with Gasteiger partial charge in [0.2, 0.25) is 0 Å². The van der Waals surface area contributed by atoms with E-state index < -0.39 is 0 Å². The summed E-state index contributed by atoms with van der Waals surface area (Å²) in [5.41, 5.74) is 2.98. The van der Waals surface area contributed by atoms with Crippen LogP contribution in [0.4, 0.5) is 0 Å². The van der Waals surface area contributed by atoms with E-state index in [4.69, 9.17) is 0 Å². The van der Waals surface area contributed by atoms with Crippen molar-refractivity contribution in [3.63, 3.8) is 0 Å². The summed E-state index contributed by atoms with van der Waals surface area (Å²) in [7, 11) is 0. The lowest BCUT2D eigenvalue weighted by molar-refractivity contribution is 0.0728. The molecule has 20 heavy (non-hydrogen) atoms. The number of aromatic nitrogens is 3. The second-order valence-corrected chi connectivity index (χ2v) is 5.35. The van der Waals surface area contributed by atoms with Gasteiger partial charge in [0.25, 0.3) is 5.91 Å². The highest BCUT2D eigenvalue weighted by molar-refractivity contribution is 5.94. The van der Waals surface area contributed by atoms with Crippen LogP contribution in [0.1, 0.15) is 41.6 Å². The quantitative estimate of drug-likeness (QED) is 0.839. The molecule has 0 atom stereocenters. The molecule has 1 aliphatic heterocycles. The average Bonchev–Trinajstić information content (AvgIpc) is 2.90. The van der Waals surface area contributed by atoms with Crippen LogP contribution < -0.4 is 0 Å². The summed E-state index contributed by atoms with van der Waals surface area (Å²) in [6, 6.07) is 3.89. The molecule has 5 heteroatoms. The van der Waals surface area contributed by atoms with E-state index in [2.05, 4.69) is 28.4 Å². The van der Waals surface area contributed by atoms with Crippen LogP contribution in [-0.2, 0) is 13.0 Å². The zero-order valence-corrected chi connectivity index (χ0v) is 11.8. The van der Waals surface area contributed by atoms with E-state index in [-0.39, 0.29) is 5.91 Å². The molecule has 3 heterocycles. The number of amides is 1. The van der Waals surface area contributed by atoms with Gasteiger partial charge in [-0.15, -0.1) is 0 Å². The molecule has 5 nitrogen and oxygen atoms in total. The van der Waals surface area contributed by atoms with Gasteiger partial charge in [-0.1, -0.05) is 0 Å². The maximum Gasteiger partial charge on any atom is 0.254 e. The van der Waals surface area contributed by atoms with Gasteiger partial charge in [0.15, 0.2) is 0 Å². The minimum atomic E-state index is 0.0644. The van der Waals surface area contributed by atoms with Gasteiger partial charge in [-0.25, -0.2) is 4.98 Å². The van der Waals surface area contributed by atoms with E-state index in [1.54, 1.807) is 24.5 Å². The molecule has 3 rings (SSSR count). The van der Waals surface area contributed by atoms with Crippen molar-refractivity contribution in [2.75, 3.05) is 6.54 Å². The molecule has 2 aromatic heterocycles. The summed E-state index contributed by atoms with van der Waals surface area (Å²) in [6.45, 7) is 5.62. The van der Waals surface area contributed by atoms with E-state index >= 15 is 0 Å². The molecule has 0 saturated carbocycles. The molecule has 0 saturated heterocycles. The summed E-state index contributed by atoms with van der Waals surface area (Å²) < 4.78 is 2.15. The number of carbonyl (C=O) groups is 1. The number of hydrogen-bond acceptors (Lipinski definition) is 3. The first kappa shape index (κ1) is 12.8. The zero-order chi connectivity index (χ0) is 14.1. The van der Waals surface area contributed by atoms with Gasteiger partial charge in [-0.05, 0) is 26.0 Å². The maximum atomic E-state index is 12.5. The van der Waals surface area contributed by atoms with Crippen molar-refractivity contribution < 1.29 is 4.79 Å². The fourth-order valence-corrected chi connectivity index (χ4v) is 2.60. The smallest absolute Gasteiger partial charge is 0.254 e. The number of fused-ring (bicyclic) bond motifs is 1. The van der Waals surface area contributed by atoms with E-state index in [0.717, 1.165) is 24.4 Å². The standard InChI is InChI=1S/C15H18N4O/c1-11(2)19-10-17-13-5-8-18(9-14(13)19)15(20)12-3-6-16-7-4-12/h3-4,6-7,10-11H,5,8-9H2,1-2H3. The molecule has 0 fully saturated rings. The molecule has 0 unspecified atom stereocenters. The van der Waals surface area contributed by atoms with Crippen molar-refractivity contribution in [2.45, 2.75) is 32.9 Å². The normalized spacial score (nSPS) is 14.4. The van der Waals surface area contributed by atoms with E-state index in [0.29, 0.717) is 18.2 Å². The fraction of sp³-hybridized carbons (Fsp3) is 0.400. The number of carbonyl (C=O) groups excluding carboxylic acids is 1. The Balaban J connectivity index is 1.85. The number of pyridine rings is 1. The van der Waals surface area contributed by atoms with E-state index in [9.17, 15) is 4.79 Å². The number of hydrogen-bond donors (Lipinski definition) is 0. The molecule has 2 aromatic rings. The third-order valence-electron chi connectivity index (χ3n) is 3.71. The molecule has 1 aliphatic rings. The Kier molecular flexibility index (Phi) is 3.26. The minimum Gasteiger partial charge on any atom is -0.332 e. The zero-order valence-electron chi connectivity index (χ0n) is 11.8. The monoisotopic (exact) mass is 270 g/mol. The summed E-state index contributed by atoms with van der Waals surface area (Å²) >= 11 is 0. The molecule has 104 valence electrons. The Morgan fingerprint density at radius 2 is 2.05 bits per heavy atom. The second kappa shape index (κ2) is 5.07. The van der Waals surface area contributed by atoms with Crippen LogP contribution in [0.5, 0.6) is 0 Å². The Hall–Kier alpha value is -2.17. The Labute approximate surface area is 118 Å². The molecule has 0 bridgehead atoms. The molecule has 0 aliphatic carbocycles. The van der Waals surface area contributed by atoms with Crippen LogP contribution in [0.3, 0.4) is 0 Å². The lowest BCUT2D eigenvalue weighted by Gasteiger charge is -2.28. The largest absolute Gasteiger partial charge is 0.332 e. The third-order valence-corrected chi connectivity index (χ3v) is 3.71. The van der Waals surface area contributed by atoms with E-state index in [1.807, 2.05) is 11.2 Å². The fourth-order valence-electron chi connectivity index (χ4n) is 2.60. The van der Waals surface area contributed by atoms with E-state index in [1.165, 1.54) is 0 Å². The topological polar surface area (TPSA) is 51.0 Å². The lowest BCUT2D eigenvalue weighted by atomic mass is 10.1. The minimum absolute atomic E-state index is 0.0644. The van der Waals surface area contributed by atoms with Gasteiger partial charge < -0.3 is 9.47 Å². The first-order valence-electron chi connectivity index (χ1n) is 6.90. The molecule has 1 amide bonds. The van der Waals surface area contributed by atoms with Gasteiger partial charge >= 0.3 is 0 Å². The Morgan fingerprint density at radius 1 is 1.30 bits per heavy atom. The molecule has 0 radical (unpaired) electrons. The van der Waals surface area contributed by atoms with Crippen molar-refractivity contribution in [3.8, 4) is 0 Å². The summed E-state index contributed by atoms with van der Waals surface area (Å²) in [5, 5.41) is 0. The molecular weight excluding hydrogens is 252 g/mol. The van der Waals surface area contributed by atoms with Gasteiger partial charge in [-0.3, -0.25) is 9.78 Å². The summed E-state index contributed by atoms with van der Waals surface area (Å²) in [5.74, 6) is 0.0644. The predicted molar refractivity (Wildman–Crippen MR) is 75.3 cm³/mol. The van der Waals surface area contributed by atoms with Gasteiger partial charge in [-0.2, -0.15) is 0 Å². The highest BCUT2D eigenvalue weighted by atomic mass is 16.2. The molecule has 0 spiro atoms. The average molecular weight is 270 g/mol. The number of imidazole rings is 1. The van der Waals surface area contributed by atoms with Gasteiger partial charge in [0, 0.05) is 37.0 Å². The van der Waals surface area contributed by atoms with Crippen LogP contribution in [0.25, 0.3) is 0 Å².